The van der Waals surface area contributed by atoms with E-state index in [1.807, 2.05) is 38.1 Å². The Morgan fingerprint density at radius 1 is 1.24 bits per heavy atom. The van der Waals surface area contributed by atoms with Gasteiger partial charge in [-0.15, -0.1) is 0 Å². The fraction of sp³-hybridized carbons (Fsp3) is 0.389. The number of benzene rings is 1. The number of carbonyl (C=O) groups is 1. The highest BCUT2D eigenvalue weighted by atomic mass is 16.4. The fourth-order valence-corrected chi connectivity index (χ4v) is 2.49. The van der Waals surface area contributed by atoms with Crippen molar-refractivity contribution in [3.63, 3.8) is 0 Å². The fourth-order valence-electron chi connectivity index (χ4n) is 2.49. The molecule has 2 rings (SSSR count). The van der Waals surface area contributed by atoms with Crippen molar-refractivity contribution in [3.05, 3.63) is 46.6 Å². The van der Waals surface area contributed by atoms with Gasteiger partial charge in [0.2, 0.25) is 5.95 Å². The molecule has 25 heavy (non-hydrogen) atoms. The maximum atomic E-state index is 10.8. The third-order valence-electron chi connectivity index (χ3n) is 3.97. The number of nitrogens with two attached hydrogens (primary N) is 1. The predicted molar refractivity (Wildman–Crippen MR) is 96.6 cm³/mol. The van der Waals surface area contributed by atoms with Gasteiger partial charge >= 0.3 is 5.97 Å². The van der Waals surface area contributed by atoms with E-state index in [9.17, 15) is 9.90 Å². The lowest BCUT2D eigenvalue weighted by Gasteiger charge is -2.16. The Balaban J connectivity index is 2.21. The molecule has 0 spiro atoms. The molecule has 0 radical (unpaired) electrons. The SMILES string of the molecule is CCC(O)CNc1nc(N)nc(C)c1Cc1ccc(CC(=O)O)cc1. The molecule has 0 aliphatic heterocycles. The minimum absolute atomic E-state index is 0.00595. The molecule has 2 aromatic rings. The van der Waals surface area contributed by atoms with Gasteiger partial charge in [0.1, 0.15) is 5.82 Å². The zero-order valence-corrected chi connectivity index (χ0v) is 14.5. The summed E-state index contributed by atoms with van der Waals surface area (Å²) < 4.78 is 0. The van der Waals surface area contributed by atoms with E-state index in [-0.39, 0.29) is 12.4 Å². The first-order chi connectivity index (χ1) is 11.9. The van der Waals surface area contributed by atoms with E-state index < -0.39 is 12.1 Å². The normalized spacial score (nSPS) is 12.0. The molecule has 1 aromatic carbocycles. The second-order valence-corrected chi connectivity index (χ2v) is 6.00. The van der Waals surface area contributed by atoms with Gasteiger partial charge in [-0.1, -0.05) is 31.2 Å². The summed E-state index contributed by atoms with van der Waals surface area (Å²) in [5.74, 6) is -0.0462. The molecule has 7 heteroatoms. The first-order valence-corrected chi connectivity index (χ1v) is 8.23. The Kier molecular flexibility index (Phi) is 6.30. The number of carboxylic acid groups (broad SMARTS) is 1. The van der Waals surface area contributed by atoms with Crippen molar-refractivity contribution in [2.24, 2.45) is 0 Å². The van der Waals surface area contributed by atoms with Gasteiger partial charge in [-0.05, 0) is 24.5 Å². The molecule has 1 heterocycles. The molecule has 1 unspecified atom stereocenters. The summed E-state index contributed by atoms with van der Waals surface area (Å²) in [5.41, 5.74) is 9.20. The Hall–Kier alpha value is -2.67. The van der Waals surface area contributed by atoms with E-state index in [0.717, 1.165) is 22.4 Å². The molecule has 0 saturated heterocycles. The molecule has 1 aromatic heterocycles. The van der Waals surface area contributed by atoms with Crippen molar-refractivity contribution in [2.45, 2.75) is 39.2 Å². The van der Waals surface area contributed by atoms with Crippen molar-refractivity contribution in [1.29, 1.82) is 0 Å². The smallest absolute Gasteiger partial charge is 0.307 e. The highest BCUT2D eigenvalue weighted by Gasteiger charge is 2.13. The van der Waals surface area contributed by atoms with Crippen LogP contribution in [0.2, 0.25) is 0 Å². The van der Waals surface area contributed by atoms with E-state index in [0.29, 0.717) is 25.2 Å². The summed E-state index contributed by atoms with van der Waals surface area (Å²) in [6.07, 6.45) is 0.780. The van der Waals surface area contributed by atoms with Crippen molar-refractivity contribution >= 4 is 17.7 Å². The van der Waals surface area contributed by atoms with E-state index in [2.05, 4.69) is 15.3 Å². The highest BCUT2D eigenvalue weighted by molar-refractivity contribution is 5.70. The maximum absolute atomic E-state index is 10.8. The minimum Gasteiger partial charge on any atom is -0.481 e. The number of anilines is 2. The predicted octanol–water partition coefficient (Wildman–Crippen LogP) is 1.77. The molecule has 0 aliphatic carbocycles. The number of hydrogen-bond donors (Lipinski definition) is 4. The number of nitrogens with zero attached hydrogens (tertiary/aromatic N) is 2. The molecule has 0 aliphatic rings. The summed E-state index contributed by atoms with van der Waals surface area (Å²) >= 11 is 0. The first kappa shape index (κ1) is 18.7. The van der Waals surface area contributed by atoms with Crippen LogP contribution in [0.25, 0.3) is 0 Å². The summed E-state index contributed by atoms with van der Waals surface area (Å²) in [6.45, 7) is 4.16. The van der Waals surface area contributed by atoms with Gasteiger partial charge in [0.25, 0.3) is 0 Å². The van der Waals surface area contributed by atoms with Crippen LogP contribution in [0.3, 0.4) is 0 Å². The van der Waals surface area contributed by atoms with Crippen LogP contribution >= 0.6 is 0 Å². The van der Waals surface area contributed by atoms with Crippen molar-refractivity contribution < 1.29 is 15.0 Å². The van der Waals surface area contributed by atoms with Gasteiger partial charge in [-0.3, -0.25) is 4.79 Å². The van der Waals surface area contributed by atoms with Gasteiger partial charge in [0.15, 0.2) is 0 Å². The van der Waals surface area contributed by atoms with Crippen molar-refractivity contribution in [2.75, 3.05) is 17.6 Å². The van der Waals surface area contributed by atoms with Crippen LogP contribution < -0.4 is 11.1 Å². The average Bonchev–Trinajstić information content (AvgIpc) is 2.56. The molecule has 0 bridgehead atoms. The third kappa shape index (κ3) is 5.42. The first-order valence-electron chi connectivity index (χ1n) is 8.23. The largest absolute Gasteiger partial charge is 0.481 e. The molecule has 1 atom stereocenters. The Labute approximate surface area is 146 Å². The van der Waals surface area contributed by atoms with E-state index in [1.165, 1.54) is 0 Å². The van der Waals surface area contributed by atoms with E-state index >= 15 is 0 Å². The Bertz CT molecular complexity index is 732. The number of aliphatic hydroxyl groups is 1. The molecule has 5 N–H and O–H groups in total. The van der Waals surface area contributed by atoms with Crippen LogP contribution in [0.4, 0.5) is 11.8 Å². The highest BCUT2D eigenvalue weighted by Crippen LogP contribution is 2.21. The quantitative estimate of drug-likeness (QED) is 0.576. The van der Waals surface area contributed by atoms with Crippen LogP contribution in [0, 0.1) is 6.92 Å². The van der Waals surface area contributed by atoms with Gasteiger partial charge in [-0.25, -0.2) is 4.98 Å². The summed E-state index contributed by atoms with van der Waals surface area (Å²) in [7, 11) is 0. The summed E-state index contributed by atoms with van der Waals surface area (Å²) in [4.78, 5) is 19.2. The second kappa shape index (κ2) is 8.43. The number of aryl methyl sites for hydroxylation is 1. The number of nitrogen functional groups attached to an aromatic ring is 1. The second-order valence-electron chi connectivity index (χ2n) is 6.00. The number of carboxylic acids is 1. The minimum atomic E-state index is -0.850. The topological polar surface area (TPSA) is 121 Å². The lowest BCUT2D eigenvalue weighted by Crippen LogP contribution is -2.20. The maximum Gasteiger partial charge on any atom is 0.307 e. The third-order valence-corrected chi connectivity index (χ3v) is 3.97. The number of aliphatic hydroxyl groups excluding tert-OH is 1. The molecule has 0 fully saturated rings. The van der Waals surface area contributed by atoms with Crippen molar-refractivity contribution in [1.82, 2.24) is 9.97 Å². The molecular weight excluding hydrogens is 320 g/mol. The molecule has 7 nitrogen and oxygen atoms in total. The zero-order valence-electron chi connectivity index (χ0n) is 14.5. The molecule has 134 valence electrons. The average molecular weight is 344 g/mol. The summed E-state index contributed by atoms with van der Waals surface area (Å²) in [5, 5.41) is 21.7. The standard InChI is InChI=1S/C18H24N4O3/c1-3-14(23)10-20-17-15(11(2)21-18(19)22-17)8-12-4-6-13(7-5-12)9-16(24)25/h4-7,14,23H,3,8-10H2,1-2H3,(H,24,25)(H3,19,20,21,22). The molecule has 0 amide bonds. The number of nitrogens with one attached hydrogen (secondary N) is 1. The Morgan fingerprint density at radius 3 is 2.48 bits per heavy atom. The van der Waals surface area contributed by atoms with Gasteiger partial charge < -0.3 is 21.3 Å². The van der Waals surface area contributed by atoms with Crippen LogP contribution in [-0.2, 0) is 17.6 Å². The lowest BCUT2D eigenvalue weighted by atomic mass is 10.0. The Morgan fingerprint density at radius 2 is 1.88 bits per heavy atom. The van der Waals surface area contributed by atoms with Crippen molar-refractivity contribution in [3.8, 4) is 0 Å². The summed E-state index contributed by atoms with van der Waals surface area (Å²) in [6, 6.07) is 7.42. The van der Waals surface area contributed by atoms with Gasteiger partial charge in [0.05, 0.1) is 12.5 Å². The molecule has 0 saturated carbocycles. The lowest BCUT2D eigenvalue weighted by molar-refractivity contribution is -0.136. The number of rotatable bonds is 8. The molecular formula is C18H24N4O3. The van der Waals surface area contributed by atoms with Crippen LogP contribution in [-0.4, -0.2) is 38.8 Å². The van der Waals surface area contributed by atoms with Crippen LogP contribution in [0.15, 0.2) is 24.3 Å². The monoisotopic (exact) mass is 344 g/mol. The van der Waals surface area contributed by atoms with E-state index in [4.69, 9.17) is 10.8 Å². The van der Waals surface area contributed by atoms with Gasteiger partial charge in [-0.2, -0.15) is 4.98 Å². The number of hydrogen-bond acceptors (Lipinski definition) is 6. The van der Waals surface area contributed by atoms with Gasteiger partial charge in [0, 0.05) is 24.2 Å². The zero-order chi connectivity index (χ0) is 18.4. The number of aromatic nitrogens is 2. The van der Waals surface area contributed by atoms with Crippen LogP contribution in [0.1, 0.15) is 35.7 Å². The van der Waals surface area contributed by atoms with Crippen LogP contribution in [0.5, 0.6) is 0 Å². The number of aliphatic carboxylic acids is 1. The van der Waals surface area contributed by atoms with E-state index in [1.54, 1.807) is 0 Å².